The fraction of sp³-hybridized carbons (Fsp3) is 0.333. The highest BCUT2D eigenvalue weighted by Crippen LogP contribution is 2.27. The first-order valence-corrected chi connectivity index (χ1v) is 10.9. The van der Waals surface area contributed by atoms with E-state index in [4.69, 9.17) is 0 Å². The van der Waals surface area contributed by atoms with Crippen LogP contribution in [0, 0.1) is 0 Å². The summed E-state index contributed by atoms with van der Waals surface area (Å²) in [7, 11) is 0. The van der Waals surface area contributed by atoms with Gasteiger partial charge in [-0.1, -0.05) is 91.0 Å². The second-order valence-corrected chi connectivity index (χ2v) is 7.81. The Labute approximate surface area is 200 Å². The summed E-state index contributed by atoms with van der Waals surface area (Å²) in [5, 5.41) is 7.28. The van der Waals surface area contributed by atoms with E-state index in [9.17, 15) is 0 Å². The number of benzene rings is 3. The van der Waals surface area contributed by atoms with Gasteiger partial charge in [0.15, 0.2) is 0 Å². The lowest BCUT2D eigenvalue weighted by Crippen LogP contribution is -2.31. The third-order valence-electron chi connectivity index (χ3n) is 5.42. The maximum Gasteiger partial charge on any atom is 0.0101 e. The molecule has 0 amide bonds. The molecule has 0 radical (unpaired) electrons. The molecule has 168 valence electrons. The van der Waals surface area contributed by atoms with Crippen molar-refractivity contribution in [3.8, 4) is 0 Å². The van der Waals surface area contributed by atoms with Crippen LogP contribution in [0.15, 0.2) is 91.0 Å². The van der Waals surface area contributed by atoms with Gasteiger partial charge in [-0.25, -0.2) is 0 Å². The lowest BCUT2D eigenvalue weighted by atomic mass is 9.88. The van der Waals surface area contributed by atoms with Crippen molar-refractivity contribution in [1.82, 2.24) is 10.6 Å². The molecule has 2 nitrogen and oxygen atoms in total. The molecule has 0 spiro atoms. The minimum absolute atomic E-state index is 0. The van der Waals surface area contributed by atoms with Crippen molar-refractivity contribution in [3.05, 3.63) is 108 Å². The minimum atomic E-state index is 0. The van der Waals surface area contributed by atoms with E-state index in [0.717, 1.165) is 38.9 Å². The normalized spacial score (nSPS) is 11.4. The topological polar surface area (TPSA) is 24.1 Å². The van der Waals surface area contributed by atoms with Crippen LogP contribution in [0.1, 0.15) is 42.4 Å². The van der Waals surface area contributed by atoms with Crippen molar-refractivity contribution < 1.29 is 0 Å². The molecule has 0 aliphatic rings. The Morgan fingerprint density at radius 2 is 1.16 bits per heavy atom. The van der Waals surface area contributed by atoms with Gasteiger partial charge >= 0.3 is 0 Å². The van der Waals surface area contributed by atoms with Crippen molar-refractivity contribution in [2.45, 2.75) is 38.1 Å². The van der Waals surface area contributed by atoms with Gasteiger partial charge in [-0.05, 0) is 62.5 Å². The maximum absolute atomic E-state index is 3.64. The summed E-state index contributed by atoms with van der Waals surface area (Å²) in [5.74, 6) is 0.453. The zero-order valence-corrected chi connectivity index (χ0v) is 20.0. The molecule has 0 fully saturated rings. The maximum atomic E-state index is 3.64. The highest BCUT2D eigenvalue weighted by Gasteiger charge is 2.13. The fourth-order valence-electron chi connectivity index (χ4n) is 3.87. The lowest BCUT2D eigenvalue weighted by Gasteiger charge is -2.19. The molecule has 0 aliphatic carbocycles. The highest BCUT2D eigenvalue weighted by molar-refractivity contribution is 5.85. The number of rotatable bonds is 12. The molecule has 0 saturated carbocycles. The molecule has 0 heterocycles. The van der Waals surface area contributed by atoms with Gasteiger partial charge in [0.1, 0.15) is 0 Å². The van der Waals surface area contributed by atoms with Gasteiger partial charge in [0, 0.05) is 12.0 Å². The number of hydrogen-bond donors (Lipinski definition) is 2. The van der Waals surface area contributed by atoms with E-state index < -0.39 is 0 Å². The van der Waals surface area contributed by atoms with Crippen LogP contribution in [0.5, 0.6) is 0 Å². The Morgan fingerprint density at radius 3 is 1.71 bits per heavy atom. The number of nitrogens with one attached hydrogen (secondary N) is 2. The van der Waals surface area contributed by atoms with E-state index in [-0.39, 0.29) is 24.8 Å². The first-order valence-electron chi connectivity index (χ1n) is 10.9. The molecule has 0 aliphatic heterocycles. The van der Waals surface area contributed by atoms with Gasteiger partial charge < -0.3 is 10.6 Å². The number of halogens is 2. The molecule has 2 N–H and O–H groups in total. The van der Waals surface area contributed by atoms with Crippen LogP contribution in [0.25, 0.3) is 0 Å². The van der Waals surface area contributed by atoms with Crippen molar-refractivity contribution in [3.63, 3.8) is 0 Å². The van der Waals surface area contributed by atoms with Crippen molar-refractivity contribution in [2.75, 3.05) is 19.6 Å². The minimum Gasteiger partial charge on any atom is -0.317 e. The van der Waals surface area contributed by atoms with Crippen molar-refractivity contribution >= 4 is 24.8 Å². The third kappa shape index (κ3) is 9.88. The molecule has 4 heteroatoms. The van der Waals surface area contributed by atoms with Crippen LogP contribution in [0.3, 0.4) is 0 Å². The molecule has 3 aromatic carbocycles. The summed E-state index contributed by atoms with van der Waals surface area (Å²) >= 11 is 0. The Morgan fingerprint density at radius 1 is 0.645 bits per heavy atom. The van der Waals surface area contributed by atoms with Gasteiger partial charge in [0.2, 0.25) is 0 Å². The first kappa shape index (κ1) is 27.2. The fourth-order valence-corrected chi connectivity index (χ4v) is 3.87. The van der Waals surface area contributed by atoms with Crippen LogP contribution in [-0.4, -0.2) is 25.7 Å². The van der Waals surface area contributed by atoms with Crippen LogP contribution >= 0.6 is 24.8 Å². The summed E-state index contributed by atoms with van der Waals surface area (Å²) in [4.78, 5) is 0. The van der Waals surface area contributed by atoms with Crippen LogP contribution in [-0.2, 0) is 6.42 Å². The summed E-state index contributed by atoms with van der Waals surface area (Å²) < 4.78 is 0. The van der Waals surface area contributed by atoms with Gasteiger partial charge in [-0.2, -0.15) is 0 Å². The summed E-state index contributed by atoms with van der Waals surface area (Å²) in [6.07, 6.45) is 3.36. The zero-order valence-electron chi connectivity index (χ0n) is 18.4. The Kier molecular flexibility index (Phi) is 13.9. The van der Waals surface area contributed by atoms with E-state index in [1.807, 2.05) is 0 Å². The van der Waals surface area contributed by atoms with Gasteiger partial charge in [-0.3, -0.25) is 0 Å². The predicted molar refractivity (Wildman–Crippen MR) is 139 cm³/mol. The van der Waals surface area contributed by atoms with Gasteiger partial charge in [0.05, 0.1) is 0 Å². The average Bonchev–Trinajstić information content (AvgIpc) is 2.77. The molecule has 3 rings (SSSR count). The van der Waals surface area contributed by atoms with E-state index in [1.165, 1.54) is 16.7 Å². The zero-order chi connectivity index (χ0) is 20.2. The molecular formula is C27H36Cl2N2. The van der Waals surface area contributed by atoms with E-state index >= 15 is 0 Å². The molecule has 0 saturated heterocycles. The molecule has 1 unspecified atom stereocenters. The van der Waals surface area contributed by atoms with E-state index in [2.05, 4.69) is 109 Å². The predicted octanol–water partition coefficient (Wildman–Crippen LogP) is 6.25. The second kappa shape index (κ2) is 15.9. The first-order chi connectivity index (χ1) is 14.3. The van der Waals surface area contributed by atoms with E-state index in [1.54, 1.807) is 0 Å². The third-order valence-corrected chi connectivity index (χ3v) is 5.42. The molecule has 0 bridgehead atoms. The van der Waals surface area contributed by atoms with Crippen LogP contribution < -0.4 is 10.6 Å². The average molecular weight is 460 g/mol. The molecule has 0 aromatic heterocycles. The van der Waals surface area contributed by atoms with Crippen LogP contribution in [0.4, 0.5) is 0 Å². The Balaban J connectivity index is 0.00000240. The van der Waals surface area contributed by atoms with Crippen molar-refractivity contribution in [1.29, 1.82) is 0 Å². The van der Waals surface area contributed by atoms with E-state index in [0.29, 0.717) is 12.0 Å². The van der Waals surface area contributed by atoms with Crippen LogP contribution in [0.2, 0.25) is 0 Å². The lowest BCUT2D eigenvalue weighted by molar-refractivity contribution is 0.515. The molecule has 1 atom stereocenters. The quantitative estimate of drug-likeness (QED) is 0.313. The molecule has 3 aromatic rings. The second-order valence-electron chi connectivity index (χ2n) is 7.81. The summed E-state index contributed by atoms with van der Waals surface area (Å²) in [5.41, 5.74) is 4.20. The summed E-state index contributed by atoms with van der Waals surface area (Å²) in [6.45, 7) is 5.42. The number of hydrogen-bond acceptors (Lipinski definition) is 2. The largest absolute Gasteiger partial charge is 0.317 e. The van der Waals surface area contributed by atoms with Gasteiger partial charge in [-0.15, -0.1) is 24.8 Å². The summed E-state index contributed by atoms with van der Waals surface area (Å²) in [6, 6.07) is 33.0. The van der Waals surface area contributed by atoms with Gasteiger partial charge in [0.25, 0.3) is 0 Å². The standard InChI is InChI=1S/C27H34N2.2ClH/c1-23(22-24-12-5-2-6-13-24)29-20-11-19-28-21-18-27(25-14-7-3-8-15-25)26-16-9-4-10-17-26;;/h2-10,12-17,23,27-29H,11,18-22H2,1H3;2*1H. The SMILES string of the molecule is CC(Cc1ccccc1)NCCCNCCC(c1ccccc1)c1ccccc1.Cl.Cl. The smallest absolute Gasteiger partial charge is 0.0101 e. The Hall–Kier alpha value is -1.84. The molecule has 31 heavy (non-hydrogen) atoms. The Bertz CT molecular complexity index is 758. The molecular weight excluding hydrogens is 423 g/mol. The van der Waals surface area contributed by atoms with Crippen molar-refractivity contribution in [2.24, 2.45) is 0 Å². The monoisotopic (exact) mass is 458 g/mol. The highest BCUT2D eigenvalue weighted by atomic mass is 35.5.